The maximum Gasteiger partial charge on any atom is 0.439 e. The molecule has 1 atom stereocenters. The zero-order valence-electron chi connectivity index (χ0n) is 5.78. The largest absolute Gasteiger partial charge is 0.439 e. The smallest absolute Gasteiger partial charge is 0.214 e. The second-order valence-corrected chi connectivity index (χ2v) is 4.23. The normalized spacial score (nSPS) is 19.3. The fourth-order valence-electron chi connectivity index (χ4n) is 0.356. The van der Waals surface area contributed by atoms with Gasteiger partial charge in [0, 0.05) is 0 Å². The molecule has 1 unspecified atom stereocenters. The van der Waals surface area contributed by atoms with Gasteiger partial charge in [0.2, 0.25) is 0 Å². The molecule has 0 bridgehead atoms. The molecule has 0 nitrogen and oxygen atoms in total. The molecular formula is C4Br2F8. The van der Waals surface area contributed by atoms with E-state index in [1.165, 1.54) is 0 Å². The third kappa shape index (κ3) is 2.15. The number of rotatable bonds is 2. The van der Waals surface area contributed by atoms with Gasteiger partial charge >= 0.3 is 21.5 Å². The van der Waals surface area contributed by atoms with E-state index in [1.54, 1.807) is 0 Å². The Morgan fingerprint density at radius 2 is 0.929 bits per heavy atom. The molecule has 10 heteroatoms. The molecule has 14 heavy (non-hydrogen) atoms. The molecule has 0 N–H and O–H groups in total. The van der Waals surface area contributed by atoms with E-state index in [1.807, 2.05) is 0 Å². The molecule has 0 spiro atoms. The Bertz CT molecular complexity index is 188. The monoisotopic (exact) mass is 358 g/mol. The first-order valence-corrected chi connectivity index (χ1v) is 4.23. The van der Waals surface area contributed by atoms with Gasteiger partial charge in [-0.15, -0.1) is 0 Å². The third-order valence-corrected chi connectivity index (χ3v) is 2.55. The Morgan fingerprint density at radius 3 is 1.00 bits per heavy atom. The standard InChI is InChI=1S/C4Br2F8/c5-1(7,4(12,13)14)2(8,9)3(6,10)11. The van der Waals surface area contributed by atoms with Crippen LogP contribution in [0.25, 0.3) is 0 Å². The summed E-state index contributed by atoms with van der Waals surface area (Å²) >= 11 is 1.88. The number of hydrogen-bond donors (Lipinski definition) is 0. The van der Waals surface area contributed by atoms with Gasteiger partial charge in [0.25, 0.3) is 0 Å². The minimum atomic E-state index is -6.17. The summed E-state index contributed by atoms with van der Waals surface area (Å²) in [4.78, 5) is -5.33. The number of halogens is 10. The van der Waals surface area contributed by atoms with Gasteiger partial charge in [-0.2, -0.15) is 30.7 Å². The van der Waals surface area contributed by atoms with Crippen molar-refractivity contribution >= 4 is 31.9 Å². The summed E-state index contributed by atoms with van der Waals surface area (Å²) in [5, 5.41) is 0. The quantitative estimate of drug-likeness (QED) is 0.511. The third-order valence-electron chi connectivity index (χ3n) is 1.11. The van der Waals surface area contributed by atoms with Gasteiger partial charge in [0.05, 0.1) is 0 Å². The molecule has 0 saturated heterocycles. The molecule has 0 amide bonds. The molecule has 86 valence electrons. The fourth-order valence-corrected chi connectivity index (χ4v) is 1.14. The second kappa shape index (κ2) is 3.46. The van der Waals surface area contributed by atoms with Crippen molar-refractivity contribution in [2.75, 3.05) is 0 Å². The van der Waals surface area contributed by atoms with Gasteiger partial charge in [0.1, 0.15) is 0 Å². The predicted molar refractivity (Wildman–Crippen MR) is 37.6 cm³/mol. The zero-order chi connectivity index (χ0) is 12.0. The van der Waals surface area contributed by atoms with E-state index in [-0.39, 0.29) is 0 Å². The molecule has 0 aromatic rings. The number of alkyl halides is 10. The molecular weight excluding hydrogens is 360 g/mol. The van der Waals surface area contributed by atoms with Crippen LogP contribution in [0.1, 0.15) is 0 Å². The second-order valence-electron chi connectivity index (χ2n) is 2.14. The van der Waals surface area contributed by atoms with Gasteiger partial charge < -0.3 is 0 Å². The highest BCUT2D eigenvalue weighted by Gasteiger charge is 2.78. The van der Waals surface area contributed by atoms with Crippen molar-refractivity contribution in [3.8, 4) is 0 Å². The zero-order valence-corrected chi connectivity index (χ0v) is 8.95. The maximum absolute atomic E-state index is 12.4. The molecule has 0 rings (SSSR count). The predicted octanol–water partition coefficient (Wildman–Crippen LogP) is 4.23. The van der Waals surface area contributed by atoms with E-state index in [9.17, 15) is 35.1 Å². The van der Waals surface area contributed by atoms with Crippen LogP contribution in [-0.4, -0.2) is 21.5 Å². The Hall–Kier alpha value is 0.400. The lowest BCUT2D eigenvalue weighted by molar-refractivity contribution is -0.293. The summed E-state index contributed by atoms with van der Waals surface area (Å²) in [7, 11) is 0. The SMILES string of the molecule is FC(F)(F)C(F)(Br)C(F)(F)C(F)(F)Br. The summed E-state index contributed by atoms with van der Waals surface area (Å²) in [6.07, 6.45) is -6.17. The molecule has 0 aromatic heterocycles. The topological polar surface area (TPSA) is 0 Å². The summed E-state index contributed by atoms with van der Waals surface area (Å²) in [5.41, 5.74) is 0. The van der Waals surface area contributed by atoms with Crippen LogP contribution < -0.4 is 0 Å². The molecule has 0 aliphatic carbocycles. The van der Waals surface area contributed by atoms with Gasteiger partial charge in [-0.1, -0.05) is 0 Å². The molecule has 0 aliphatic rings. The molecule has 0 aliphatic heterocycles. The van der Waals surface area contributed by atoms with Crippen molar-refractivity contribution in [2.45, 2.75) is 21.5 Å². The van der Waals surface area contributed by atoms with Crippen molar-refractivity contribution in [1.82, 2.24) is 0 Å². The Labute approximate surface area is 88.9 Å². The fraction of sp³-hybridized carbons (Fsp3) is 1.00. The van der Waals surface area contributed by atoms with Gasteiger partial charge in [-0.3, -0.25) is 0 Å². The average molecular weight is 360 g/mol. The van der Waals surface area contributed by atoms with E-state index in [4.69, 9.17) is 0 Å². The van der Waals surface area contributed by atoms with Crippen molar-refractivity contribution in [3.63, 3.8) is 0 Å². The van der Waals surface area contributed by atoms with Gasteiger partial charge in [0.15, 0.2) is 0 Å². The molecule has 0 aromatic carbocycles. The van der Waals surface area contributed by atoms with Crippen LogP contribution in [-0.2, 0) is 0 Å². The van der Waals surface area contributed by atoms with Gasteiger partial charge in [-0.05, 0) is 31.9 Å². The minimum Gasteiger partial charge on any atom is -0.214 e. The summed E-state index contributed by atoms with van der Waals surface area (Å²) in [6.45, 7) is 0. The average Bonchev–Trinajstić information content (AvgIpc) is 1.81. The van der Waals surface area contributed by atoms with Crippen LogP contribution in [0.15, 0.2) is 0 Å². The van der Waals surface area contributed by atoms with Crippen molar-refractivity contribution in [1.29, 1.82) is 0 Å². The van der Waals surface area contributed by atoms with E-state index >= 15 is 0 Å². The van der Waals surface area contributed by atoms with Crippen LogP contribution in [0.4, 0.5) is 35.1 Å². The first kappa shape index (κ1) is 14.4. The lowest BCUT2D eigenvalue weighted by Crippen LogP contribution is -2.57. The molecule has 0 fully saturated rings. The van der Waals surface area contributed by atoms with E-state index in [0.717, 1.165) is 31.9 Å². The van der Waals surface area contributed by atoms with Crippen LogP contribution >= 0.6 is 31.9 Å². The van der Waals surface area contributed by atoms with Crippen LogP contribution in [0.5, 0.6) is 0 Å². The Morgan fingerprint density at radius 1 is 0.643 bits per heavy atom. The highest BCUT2D eigenvalue weighted by molar-refractivity contribution is 9.10. The number of hydrogen-bond acceptors (Lipinski definition) is 0. The molecule has 0 heterocycles. The van der Waals surface area contributed by atoms with E-state index in [0.29, 0.717) is 0 Å². The Balaban J connectivity index is 5.30. The van der Waals surface area contributed by atoms with Crippen LogP contribution in [0, 0.1) is 0 Å². The minimum absolute atomic E-state index is 0.908. The highest BCUT2D eigenvalue weighted by atomic mass is 79.9. The van der Waals surface area contributed by atoms with Crippen LogP contribution in [0.3, 0.4) is 0 Å². The van der Waals surface area contributed by atoms with E-state index in [2.05, 4.69) is 0 Å². The van der Waals surface area contributed by atoms with Gasteiger partial charge in [-0.25, -0.2) is 4.39 Å². The lowest BCUT2D eigenvalue weighted by atomic mass is 10.2. The summed E-state index contributed by atoms with van der Waals surface area (Å²) in [6, 6.07) is 0. The first-order valence-electron chi connectivity index (χ1n) is 2.64. The maximum atomic E-state index is 12.4. The van der Waals surface area contributed by atoms with Crippen molar-refractivity contribution in [2.24, 2.45) is 0 Å². The van der Waals surface area contributed by atoms with Crippen LogP contribution in [0.2, 0.25) is 0 Å². The lowest BCUT2D eigenvalue weighted by Gasteiger charge is -2.32. The van der Waals surface area contributed by atoms with E-state index < -0.39 is 21.5 Å². The molecule has 0 radical (unpaired) electrons. The summed E-state index contributed by atoms with van der Waals surface area (Å²) in [5.74, 6) is -5.97. The highest BCUT2D eigenvalue weighted by Crippen LogP contribution is 2.57. The summed E-state index contributed by atoms with van der Waals surface area (Å²) < 4.78 is 90.1. The Kier molecular flexibility index (Phi) is 3.56. The first-order chi connectivity index (χ1) is 5.75. The van der Waals surface area contributed by atoms with Crippen molar-refractivity contribution < 1.29 is 35.1 Å². The molecule has 0 saturated carbocycles. The van der Waals surface area contributed by atoms with Crippen molar-refractivity contribution in [3.05, 3.63) is 0 Å².